The predicted octanol–water partition coefficient (Wildman–Crippen LogP) is 3.56. The first-order chi connectivity index (χ1) is 12.2. The van der Waals surface area contributed by atoms with Gasteiger partial charge in [0, 0.05) is 23.3 Å². The van der Waals surface area contributed by atoms with E-state index in [1.54, 1.807) is 37.4 Å². The Kier molecular flexibility index (Phi) is 4.07. The van der Waals surface area contributed by atoms with Crippen molar-refractivity contribution in [3.05, 3.63) is 76.1 Å². The second-order valence-corrected chi connectivity index (χ2v) is 6.04. The van der Waals surface area contributed by atoms with Crippen LogP contribution in [0.15, 0.2) is 47.5 Å². The number of benzene rings is 2. The summed E-state index contributed by atoms with van der Waals surface area (Å²) in [4.78, 5) is 4.61. The Hall–Kier alpha value is -2.57. The minimum Gasteiger partial charge on any atom is -0.377 e. The van der Waals surface area contributed by atoms with Crippen molar-refractivity contribution in [1.82, 2.24) is 14.8 Å². The summed E-state index contributed by atoms with van der Waals surface area (Å²) < 4.78 is 21.5. The zero-order valence-electron chi connectivity index (χ0n) is 13.4. The molecule has 0 unspecified atom stereocenters. The Morgan fingerprint density at radius 2 is 2.00 bits per heavy atom. The molecule has 0 aliphatic carbocycles. The normalized spacial score (nSPS) is 13.0. The Bertz CT molecular complexity index is 983. The lowest BCUT2D eigenvalue weighted by molar-refractivity contribution is 0.176. The summed E-state index contributed by atoms with van der Waals surface area (Å²) in [6.07, 6.45) is 0. The molecule has 2 heterocycles. The number of nitrogens with zero attached hydrogens (tertiary/aromatic N) is 4. The van der Waals surface area contributed by atoms with E-state index in [-0.39, 0.29) is 12.4 Å². The van der Waals surface area contributed by atoms with Gasteiger partial charge >= 0.3 is 0 Å². The Balaban J connectivity index is 1.98. The number of ether oxygens (including phenoxy) is 1. The third kappa shape index (κ3) is 2.73. The highest BCUT2D eigenvalue weighted by Gasteiger charge is 2.24. The molecule has 1 aliphatic heterocycles. The highest BCUT2D eigenvalue weighted by molar-refractivity contribution is 6.31. The predicted molar refractivity (Wildman–Crippen MR) is 92.8 cm³/mol. The number of methoxy groups -OCH3 is 1. The molecule has 4 rings (SSSR count). The second kappa shape index (κ2) is 6.38. The number of halogens is 2. The van der Waals surface area contributed by atoms with Gasteiger partial charge in [-0.25, -0.2) is 4.39 Å². The molecule has 1 aliphatic rings. The number of aliphatic imine (C=N–C) groups is 1. The summed E-state index contributed by atoms with van der Waals surface area (Å²) >= 11 is 6.21. The number of rotatable bonds is 3. The fourth-order valence-corrected chi connectivity index (χ4v) is 3.14. The lowest BCUT2D eigenvalue weighted by Crippen LogP contribution is -2.11. The number of aromatic nitrogens is 3. The van der Waals surface area contributed by atoms with E-state index in [0.717, 1.165) is 11.3 Å². The fourth-order valence-electron chi connectivity index (χ4n) is 2.97. The fraction of sp³-hybridized carbons (Fsp3) is 0.167. The van der Waals surface area contributed by atoms with Crippen LogP contribution in [0.2, 0.25) is 5.02 Å². The van der Waals surface area contributed by atoms with E-state index in [1.807, 2.05) is 10.6 Å². The van der Waals surface area contributed by atoms with E-state index in [1.165, 1.54) is 6.07 Å². The molecule has 0 spiro atoms. The third-order valence-electron chi connectivity index (χ3n) is 4.03. The molecule has 1 aromatic heterocycles. The standard InChI is InChI=1S/C18H14ClFN4O/c1-25-10-17-23-22-16-9-21-18(12-4-2-3-5-14(12)20)13-8-11(19)6-7-15(13)24(16)17/h2-8H,9-10H2,1H3. The topological polar surface area (TPSA) is 52.3 Å². The van der Waals surface area contributed by atoms with Gasteiger partial charge in [0.25, 0.3) is 0 Å². The first-order valence-electron chi connectivity index (χ1n) is 7.71. The van der Waals surface area contributed by atoms with Crippen molar-refractivity contribution in [3.63, 3.8) is 0 Å². The molecule has 7 heteroatoms. The van der Waals surface area contributed by atoms with Crippen LogP contribution in [0.1, 0.15) is 22.8 Å². The molecule has 0 saturated heterocycles. The van der Waals surface area contributed by atoms with Crippen molar-refractivity contribution in [2.24, 2.45) is 4.99 Å². The second-order valence-electron chi connectivity index (χ2n) is 5.61. The van der Waals surface area contributed by atoms with Crippen molar-refractivity contribution in [3.8, 4) is 5.69 Å². The summed E-state index contributed by atoms with van der Waals surface area (Å²) in [5.74, 6) is 0.995. The zero-order chi connectivity index (χ0) is 17.4. The van der Waals surface area contributed by atoms with Crippen molar-refractivity contribution in [2.45, 2.75) is 13.2 Å². The minimum absolute atomic E-state index is 0.284. The molecule has 0 bridgehead atoms. The summed E-state index contributed by atoms with van der Waals surface area (Å²) in [6.45, 7) is 0.594. The molecule has 0 atom stereocenters. The minimum atomic E-state index is -0.332. The molecule has 0 amide bonds. The first kappa shape index (κ1) is 15.9. The van der Waals surface area contributed by atoms with Crippen LogP contribution in [0.5, 0.6) is 0 Å². The van der Waals surface area contributed by atoms with Crippen LogP contribution >= 0.6 is 11.6 Å². The molecule has 0 fully saturated rings. The van der Waals surface area contributed by atoms with Crippen LogP contribution in [-0.4, -0.2) is 27.6 Å². The van der Waals surface area contributed by atoms with Crippen LogP contribution in [-0.2, 0) is 17.9 Å². The molecule has 0 saturated carbocycles. The van der Waals surface area contributed by atoms with Crippen LogP contribution in [0, 0.1) is 5.82 Å². The van der Waals surface area contributed by atoms with Gasteiger partial charge in [-0.05, 0) is 30.3 Å². The number of hydrogen-bond acceptors (Lipinski definition) is 4. The SMILES string of the molecule is COCc1nnc2n1-c1ccc(Cl)cc1C(c1ccccc1F)=NC2. The maximum Gasteiger partial charge on any atom is 0.163 e. The van der Waals surface area contributed by atoms with E-state index in [0.29, 0.717) is 34.6 Å². The molecule has 2 aromatic carbocycles. The van der Waals surface area contributed by atoms with Crippen LogP contribution < -0.4 is 0 Å². The average molecular weight is 357 g/mol. The Morgan fingerprint density at radius 3 is 2.80 bits per heavy atom. The Labute approximate surface area is 148 Å². The molecule has 0 radical (unpaired) electrons. The molecule has 126 valence electrons. The van der Waals surface area contributed by atoms with Crippen molar-refractivity contribution in [2.75, 3.05) is 7.11 Å². The smallest absolute Gasteiger partial charge is 0.163 e. The van der Waals surface area contributed by atoms with Gasteiger partial charge in [0.1, 0.15) is 19.0 Å². The van der Waals surface area contributed by atoms with E-state index >= 15 is 0 Å². The van der Waals surface area contributed by atoms with Gasteiger partial charge in [0.05, 0.1) is 11.4 Å². The Morgan fingerprint density at radius 1 is 1.16 bits per heavy atom. The summed E-state index contributed by atoms with van der Waals surface area (Å²) in [6, 6.07) is 12.0. The largest absolute Gasteiger partial charge is 0.377 e. The third-order valence-corrected chi connectivity index (χ3v) is 4.27. The van der Waals surface area contributed by atoms with E-state index in [9.17, 15) is 4.39 Å². The van der Waals surface area contributed by atoms with Gasteiger partial charge in [-0.3, -0.25) is 9.56 Å². The molecular formula is C18H14ClFN4O. The lowest BCUT2D eigenvalue weighted by Gasteiger charge is -2.14. The maximum atomic E-state index is 14.4. The van der Waals surface area contributed by atoms with Crippen LogP contribution in [0.25, 0.3) is 5.69 Å². The zero-order valence-corrected chi connectivity index (χ0v) is 14.2. The highest BCUT2D eigenvalue weighted by atomic mass is 35.5. The molecule has 5 nitrogen and oxygen atoms in total. The van der Waals surface area contributed by atoms with Crippen LogP contribution in [0.4, 0.5) is 4.39 Å². The van der Waals surface area contributed by atoms with Gasteiger partial charge in [-0.15, -0.1) is 10.2 Å². The average Bonchev–Trinajstić information content (AvgIpc) is 2.92. The van der Waals surface area contributed by atoms with Crippen LogP contribution in [0.3, 0.4) is 0 Å². The van der Waals surface area contributed by atoms with Crippen molar-refractivity contribution in [1.29, 1.82) is 0 Å². The summed E-state index contributed by atoms with van der Waals surface area (Å²) in [5.41, 5.74) is 2.51. The van der Waals surface area contributed by atoms with Crippen molar-refractivity contribution >= 4 is 17.3 Å². The van der Waals surface area contributed by atoms with Crippen molar-refractivity contribution < 1.29 is 9.13 Å². The summed E-state index contributed by atoms with van der Waals surface area (Å²) in [5, 5.41) is 8.93. The first-order valence-corrected chi connectivity index (χ1v) is 8.08. The van der Waals surface area contributed by atoms with Gasteiger partial charge in [0.2, 0.25) is 0 Å². The lowest BCUT2D eigenvalue weighted by atomic mass is 10.00. The number of fused-ring (bicyclic) bond motifs is 3. The molecule has 0 N–H and O–H groups in total. The van der Waals surface area contributed by atoms with E-state index in [2.05, 4.69) is 15.2 Å². The molecule has 3 aromatic rings. The van der Waals surface area contributed by atoms with Gasteiger partial charge in [-0.2, -0.15) is 0 Å². The van der Waals surface area contributed by atoms with Gasteiger partial charge < -0.3 is 4.74 Å². The summed E-state index contributed by atoms with van der Waals surface area (Å²) in [7, 11) is 1.60. The quantitative estimate of drug-likeness (QED) is 0.721. The van der Waals surface area contributed by atoms with Gasteiger partial charge in [0.15, 0.2) is 11.6 Å². The molecule has 25 heavy (non-hydrogen) atoms. The van der Waals surface area contributed by atoms with E-state index in [4.69, 9.17) is 16.3 Å². The monoisotopic (exact) mass is 356 g/mol. The molecular weight excluding hydrogens is 343 g/mol. The number of hydrogen-bond donors (Lipinski definition) is 0. The highest BCUT2D eigenvalue weighted by Crippen LogP contribution is 2.29. The maximum absolute atomic E-state index is 14.4. The van der Waals surface area contributed by atoms with Gasteiger partial charge in [-0.1, -0.05) is 23.7 Å². The van der Waals surface area contributed by atoms with E-state index < -0.39 is 0 Å².